The highest BCUT2D eigenvalue weighted by Crippen LogP contribution is 2.31. The number of hydrogen-bond donors (Lipinski definition) is 4. The first-order valence-electron chi connectivity index (χ1n) is 11.3. The largest absolute Gasteiger partial charge is 0.346 e. The minimum absolute atomic E-state index is 0.169. The van der Waals surface area contributed by atoms with Crippen molar-refractivity contribution in [1.29, 1.82) is 0 Å². The topological polar surface area (TPSA) is 118 Å². The molecule has 34 heavy (non-hydrogen) atoms. The molecule has 1 aliphatic carbocycles. The molecule has 0 radical (unpaired) electrons. The van der Waals surface area contributed by atoms with Gasteiger partial charge in [-0.15, -0.1) is 5.10 Å². The van der Waals surface area contributed by atoms with Crippen LogP contribution in [0.15, 0.2) is 48.7 Å². The van der Waals surface area contributed by atoms with Crippen molar-refractivity contribution in [2.24, 2.45) is 0 Å². The maximum Gasteiger partial charge on any atom is 0.251 e. The number of H-pyrrole nitrogens is 1. The molecule has 1 aliphatic rings. The lowest BCUT2D eigenvalue weighted by molar-refractivity contribution is -0.115. The summed E-state index contributed by atoms with van der Waals surface area (Å²) in [6, 6.07) is 13.4. The first-order valence-corrected chi connectivity index (χ1v) is 11.9. The van der Waals surface area contributed by atoms with E-state index >= 15 is 0 Å². The zero-order valence-electron chi connectivity index (χ0n) is 18.5. The lowest BCUT2D eigenvalue weighted by Gasteiger charge is -2.24. The summed E-state index contributed by atoms with van der Waals surface area (Å²) in [6.07, 6.45) is 5.61. The fourth-order valence-corrected chi connectivity index (χ4v) is 4.18. The Labute approximate surface area is 201 Å². The Kier molecular flexibility index (Phi) is 6.31. The summed E-state index contributed by atoms with van der Waals surface area (Å²) < 4.78 is 1.88. The van der Waals surface area contributed by atoms with Crippen LogP contribution in [-0.4, -0.2) is 42.8 Å². The minimum atomic E-state index is -0.274. The normalized spacial score (nSPS) is 13.6. The molecule has 9 nitrogen and oxygen atoms in total. The van der Waals surface area contributed by atoms with E-state index in [2.05, 4.69) is 43.8 Å². The van der Waals surface area contributed by atoms with E-state index in [4.69, 9.17) is 0 Å². The Balaban J connectivity index is 1.40. The quantitative estimate of drug-likeness (QED) is 0.290. The van der Waals surface area contributed by atoms with Crippen LogP contribution in [0.2, 0.25) is 0 Å². The van der Waals surface area contributed by atoms with Crippen LogP contribution in [0.5, 0.6) is 0 Å². The second-order valence-corrected chi connectivity index (χ2v) is 8.84. The van der Waals surface area contributed by atoms with Gasteiger partial charge in [0.1, 0.15) is 5.69 Å². The molecule has 174 valence electrons. The SMILES string of the molecule is O=C(CCS)Nc1cc(C(=O)NCc2cn(C3CCC3)nn2)cc(-c2n[nH]c3ccccc23)c1. The second-order valence-electron chi connectivity index (χ2n) is 8.40. The Bertz CT molecular complexity index is 1340. The highest BCUT2D eigenvalue weighted by molar-refractivity contribution is 7.80. The number of para-hydroxylation sites is 1. The minimum Gasteiger partial charge on any atom is -0.346 e. The number of hydrogen-bond acceptors (Lipinski definition) is 6. The lowest BCUT2D eigenvalue weighted by Crippen LogP contribution is -2.23. The summed E-state index contributed by atoms with van der Waals surface area (Å²) in [7, 11) is 0. The van der Waals surface area contributed by atoms with Crippen molar-refractivity contribution < 1.29 is 9.59 Å². The molecule has 1 saturated carbocycles. The average Bonchev–Trinajstić information content (AvgIpc) is 3.43. The summed E-state index contributed by atoms with van der Waals surface area (Å²) >= 11 is 4.12. The molecule has 0 spiro atoms. The number of fused-ring (bicyclic) bond motifs is 1. The number of aromatic nitrogens is 5. The third kappa shape index (κ3) is 4.67. The van der Waals surface area contributed by atoms with Crippen molar-refractivity contribution in [3.05, 3.63) is 59.9 Å². The van der Waals surface area contributed by atoms with Gasteiger partial charge in [0, 0.05) is 28.6 Å². The first-order chi connectivity index (χ1) is 16.6. The van der Waals surface area contributed by atoms with Gasteiger partial charge >= 0.3 is 0 Å². The first kappa shape index (κ1) is 22.1. The zero-order valence-corrected chi connectivity index (χ0v) is 19.4. The van der Waals surface area contributed by atoms with Gasteiger partial charge in [0.25, 0.3) is 5.91 Å². The van der Waals surface area contributed by atoms with Gasteiger partial charge in [-0.05, 0) is 49.3 Å². The molecule has 10 heteroatoms. The van der Waals surface area contributed by atoms with E-state index < -0.39 is 0 Å². The van der Waals surface area contributed by atoms with Gasteiger partial charge in [0.15, 0.2) is 0 Å². The molecule has 5 rings (SSSR count). The number of thiol groups is 1. The van der Waals surface area contributed by atoms with Crippen LogP contribution < -0.4 is 10.6 Å². The number of anilines is 1. The highest BCUT2D eigenvalue weighted by atomic mass is 32.1. The number of benzene rings is 2. The van der Waals surface area contributed by atoms with E-state index in [0.717, 1.165) is 29.3 Å². The van der Waals surface area contributed by atoms with Crippen LogP contribution in [0.25, 0.3) is 22.2 Å². The van der Waals surface area contributed by atoms with E-state index in [1.165, 1.54) is 6.42 Å². The van der Waals surface area contributed by atoms with Crippen molar-refractivity contribution in [3.63, 3.8) is 0 Å². The molecule has 2 aromatic heterocycles. The highest BCUT2D eigenvalue weighted by Gasteiger charge is 2.21. The number of nitrogens with one attached hydrogen (secondary N) is 3. The molecule has 0 unspecified atom stereocenters. The van der Waals surface area contributed by atoms with Crippen LogP contribution in [0.1, 0.15) is 47.8 Å². The fourth-order valence-electron chi connectivity index (χ4n) is 3.97. The van der Waals surface area contributed by atoms with E-state index in [1.807, 2.05) is 41.2 Å². The summed E-state index contributed by atoms with van der Waals surface area (Å²) in [5.41, 5.74) is 3.97. The van der Waals surface area contributed by atoms with E-state index in [0.29, 0.717) is 34.4 Å². The van der Waals surface area contributed by atoms with Crippen molar-refractivity contribution in [3.8, 4) is 11.3 Å². The average molecular weight is 476 g/mol. The summed E-state index contributed by atoms with van der Waals surface area (Å²) in [5, 5.41) is 22.5. The number of rotatable bonds is 8. The van der Waals surface area contributed by atoms with Gasteiger partial charge in [-0.2, -0.15) is 17.7 Å². The summed E-state index contributed by atoms with van der Waals surface area (Å²) in [4.78, 5) is 25.3. The van der Waals surface area contributed by atoms with Gasteiger partial charge in [0.05, 0.1) is 30.0 Å². The third-order valence-electron chi connectivity index (χ3n) is 6.00. The molecule has 2 heterocycles. The molecular formula is C24H25N7O2S. The van der Waals surface area contributed by atoms with Gasteiger partial charge in [-0.1, -0.05) is 23.4 Å². The molecule has 0 saturated heterocycles. The van der Waals surface area contributed by atoms with Gasteiger partial charge < -0.3 is 10.6 Å². The van der Waals surface area contributed by atoms with Crippen molar-refractivity contribution in [2.75, 3.05) is 11.1 Å². The van der Waals surface area contributed by atoms with Crippen molar-refractivity contribution in [1.82, 2.24) is 30.5 Å². The van der Waals surface area contributed by atoms with Gasteiger partial charge in [-0.3, -0.25) is 14.7 Å². The Morgan fingerprint density at radius 2 is 2.03 bits per heavy atom. The van der Waals surface area contributed by atoms with Gasteiger partial charge in [0.2, 0.25) is 5.91 Å². The molecule has 0 aliphatic heterocycles. The van der Waals surface area contributed by atoms with Crippen LogP contribution in [0.4, 0.5) is 5.69 Å². The van der Waals surface area contributed by atoms with Crippen LogP contribution >= 0.6 is 12.6 Å². The van der Waals surface area contributed by atoms with Crippen LogP contribution in [0, 0.1) is 0 Å². The van der Waals surface area contributed by atoms with Crippen molar-refractivity contribution >= 4 is 41.0 Å². The molecule has 2 amide bonds. The maximum atomic E-state index is 13.1. The molecule has 3 N–H and O–H groups in total. The predicted octanol–water partition coefficient (Wildman–Crippen LogP) is 3.73. The fraction of sp³-hybridized carbons (Fsp3) is 0.292. The molecule has 1 fully saturated rings. The maximum absolute atomic E-state index is 13.1. The molecular weight excluding hydrogens is 450 g/mol. The monoisotopic (exact) mass is 475 g/mol. The van der Waals surface area contributed by atoms with E-state index in [9.17, 15) is 9.59 Å². The Morgan fingerprint density at radius 3 is 2.82 bits per heavy atom. The molecule has 0 atom stereocenters. The lowest BCUT2D eigenvalue weighted by atomic mass is 9.93. The summed E-state index contributed by atoms with van der Waals surface area (Å²) in [6.45, 7) is 0.266. The summed E-state index contributed by atoms with van der Waals surface area (Å²) in [5.74, 6) is -0.00712. The number of carbonyl (C=O) groups excluding carboxylic acids is 2. The smallest absolute Gasteiger partial charge is 0.251 e. The Hall–Kier alpha value is -3.66. The van der Waals surface area contributed by atoms with Crippen LogP contribution in [-0.2, 0) is 11.3 Å². The van der Waals surface area contributed by atoms with E-state index in [-0.39, 0.29) is 24.8 Å². The number of aromatic amines is 1. The van der Waals surface area contributed by atoms with Crippen molar-refractivity contribution in [2.45, 2.75) is 38.3 Å². The van der Waals surface area contributed by atoms with Gasteiger partial charge in [-0.25, -0.2) is 4.68 Å². The van der Waals surface area contributed by atoms with Crippen LogP contribution in [0.3, 0.4) is 0 Å². The second kappa shape index (κ2) is 9.68. The number of nitrogens with zero attached hydrogens (tertiary/aromatic N) is 4. The van der Waals surface area contributed by atoms with E-state index in [1.54, 1.807) is 12.1 Å². The third-order valence-corrected chi connectivity index (χ3v) is 6.22. The molecule has 0 bridgehead atoms. The number of amides is 2. The molecule has 4 aromatic rings. The Morgan fingerprint density at radius 1 is 1.18 bits per heavy atom. The number of carbonyl (C=O) groups is 2. The zero-order chi connectivity index (χ0) is 23.5. The predicted molar refractivity (Wildman–Crippen MR) is 133 cm³/mol. The molecule has 2 aromatic carbocycles. The standard InChI is InChI=1S/C24H25N7O2S/c32-22(8-9-34)26-17-11-15(23-20-6-1-2-7-21(20)28-29-23)10-16(12-17)24(33)25-13-18-14-31(30-27-18)19-4-3-5-19/h1-2,6-7,10-12,14,19,34H,3-5,8-9,13H2,(H,25,33)(H,26,32)(H,28,29).